The fourth-order valence-electron chi connectivity index (χ4n) is 1.74. The van der Waals surface area contributed by atoms with E-state index in [1.165, 1.54) is 0 Å². The molecule has 0 saturated heterocycles. The zero-order chi connectivity index (χ0) is 13.8. The number of ether oxygens (including phenoxy) is 1. The van der Waals surface area contributed by atoms with Gasteiger partial charge in [0.05, 0.1) is 15.9 Å². The Morgan fingerprint density at radius 2 is 2.16 bits per heavy atom. The lowest BCUT2D eigenvalue weighted by Crippen LogP contribution is -2.06. The molecule has 100 valence electrons. The first kappa shape index (κ1) is 14.1. The highest BCUT2D eigenvalue weighted by molar-refractivity contribution is 14.1. The molecule has 0 atom stereocenters. The van der Waals surface area contributed by atoms with Crippen molar-refractivity contribution in [2.75, 3.05) is 19.5 Å². The summed E-state index contributed by atoms with van der Waals surface area (Å²) in [6, 6.07) is 1.92. The first-order valence-electron chi connectivity index (χ1n) is 5.81. The van der Waals surface area contributed by atoms with Gasteiger partial charge in [-0.25, -0.2) is 9.97 Å². The van der Waals surface area contributed by atoms with Gasteiger partial charge in [0, 0.05) is 32.1 Å². The van der Waals surface area contributed by atoms with E-state index in [1.807, 2.05) is 26.2 Å². The van der Waals surface area contributed by atoms with Crippen LogP contribution in [-0.2, 0) is 11.3 Å². The first-order valence-corrected chi connectivity index (χ1v) is 6.89. The molecule has 2 aromatic rings. The van der Waals surface area contributed by atoms with Gasteiger partial charge >= 0.3 is 0 Å². The van der Waals surface area contributed by atoms with Crippen molar-refractivity contribution in [2.24, 2.45) is 0 Å². The Morgan fingerprint density at radius 1 is 1.37 bits per heavy atom. The first-order chi connectivity index (χ1) is 9.17. The topological polar surface area (TPSA) is 59.9 Å². The molecule has 2 heterocycles. The smallest absolute Gasteiger partial charge is 0.162 e. The van der Waals surface area contributed by atoms with Crippen LogP contribution in [0, 0.1) is 10.5 Å². The SMILES string of the molecule is CNc1nc(-c2ccncc2C)nc(COC)c1I. The Hall–Kier alpha value is -1.28. The fourth-order valence-corrected chi connectivity index (χ4v) is 2.40. The second kappa shape index (κ2) is 6.25. The predicted octanol–water partition coefficient (Wildman–Crippen LogP) is 2.64. The number of methoxy groups -OCH3 is 1. The van der Waals surface area contributed by atoms with Crippen LogP contribution < -0.4 is 5.32 Å². The van der Waals surface area contributed by atoms with Crippen molar-refractivity contribution in [2.45, 2.75) is 13.5 Å². The van der Waals surface area contributed by atoms with Crippen LogP contribution in [0.5, 0.6) is 0 Å². The normalized spacial score (nSPS) is 10.5. The summed E-state index contributed by atoms with van der Waals surface area (Å²) < 4.78 is 6.18. The van der Waals surface area contributed by atoms with Gasteiger partial charge in [-0.05, 0) is 41.1 Å². The molecule has 0 bridgehead atoms. The van der Waals surface area contributed by atoms with Gasteiger partial charge in [0.2, 0.25) is 0 Å². The Bertz CT molecular complexity index is 589. The number of hydrogen-bond acceptors (Lipinski definition) is 5. The van der Waals surface area contributed by atoms with Crippen molar-refractivity contribution >= 4 is 28.4 Å². The summed E-state index contributed by atoms with van der Waals surface area (Å²) in [5, 5.41) is 3.09. The Morgan fingerprint density at radius 3 is 2.79 bits per heavy atom. The molecule has 0 aliphatic heterocycles. The van der Waals surface area contributed by atoms with E-state index in [9.17, 15) is 0 Å². The average molecular weight is 370 g/mol. The van der Waals surface area contributed by atoms with Gasteiger partial charge in [0.15, 0.2) is 5.82 Å². The van der Waals surface area contributed by atoms with Crippen molar-refractivity contribution in [3.8, 4) is 11.4 Å². The molecule has 0 spiro atoms. The summed E-state index contributed by atoms with van der Waals surface area (Å²) in [5.74, 6) is 1.51. The van der Waals surface area contributed by atoms with E-state index in [0.717, 1.165) is 26.2 Å². The number of hydrogen-bond donors (Lipinski definition) is 1. The van der Waals surface area contributed by atoms with Gasteiger partial charge in [-0.2, -0.15) is 0 Å². The minimum Gasteiger partial charge on any atom is -0.378 e. The van der Waals surface area contributed by atoms with Crippen LogP contribution in [-0.4, -0.2) is 29.1 Å². The van der Waals surface area contributed by atoms with Gasteiger partial charge in [-0.3, -0.25) is 4.98 Å². The molecule has 0 saturated carbocycles. The molecule has 1 N–H and O–H groups in total. The van der Waals surface area contributed by atoms with E-state index < -0.39 is 0 Å². The molecule has 6 heteroatoms. The highest BCUT2D eigenvalue weighted by Gasteiger charge is 2.13. The van der Waals surface area contributed by atoms with E-state index in [-0.39, 0.29) is 0 Å². The van der Waals surface area contributed by atoms with E-state index in [2.05, 4.69) is 42.9 Å². The number of aromatic nitrogens is 3. The number of pyridine rings is 1. The minimum absolute atomic E-state index is 0.465. The summed E-state index contributed by atoms with van der Waals surface area (Å²) in [7, 11) is 3.51. The van der Waals surface area contributed by atoms with Crippen LogP contribution in [0.2, 0.25) is 0 Å². The van der Waals surface area contributed by atoms with E-state index in [0.29, 0.717) is 12.4 Å². The van der Waals surface area contributed by atoms with Crippen LogP contribution in [0.25, 0.3) is 11.4 Å². The highest BCUT2D eigenvalue weighted by Crippen LogP contribution is 2.25. The van der Waals surface area contributed by atoms with Crippen LogP contribution in [0.4, 0.5) is 5.82 Å². The largest absolute Gasteiger partial charge is 0.378 e. The summed E-state index contributed by atoms with van der Waals surface area (Å²) in [6.45, 7) is 2.46. The van der Waals surface area contributed by atoms with Crippen molar-refractivity contribution in [1.29, 1.82) is 0 Å². The molecular weight excluding hydrogens is 355 g/mol. The number of aryl methyl sites for hydroxylation is 1. The summed E-state index contributed by atoms with van der Waals surface area (Å²) >= 11 is 2.23. The molecule has 2 rings (SSSR count). The maximum Gasteiger partial charge on any atom is 0.162 e. The summed E-state index contributed by atoms with van der Waals surface area (Å²) in [5.41, 5.74) is 2.92. The predicted molar refractivity (Wildman–Crippen MR) is 83.0 cm³/mol. The molecule has 0 radical (unpaired) electrons. The third kappa shape index (κ3) is 3.01. The van der Waals surface area contributed by atoms with Crippen molar-refractivity contribution in [1.82, 2.24) is 15.0 Å². The molecule has 2 aromatic heterocycles. The van der Waals surface area contributed by atoms with Gasteiger partial charge in [0.25, 0.3) is 0 Å². The van der Waals surface area contributed by atoms with Crippen LogP contribution in [0.1, 0.15) is 11.3 Å². The van der Waals surface area contributed by atoms with Gasteiger partial charge < -0.3 is 10.1 Å². The van der Waals surface area contributed by atoms with Gasteiger partial charge in [-0.1, -0.05) is 0 Å². The maximum absolute atomic E-state index is 5.19. The number of anilines is 1. The standard InChI is InChI=1S/C13H15IN4O/c1-8-6-16-5-4-9(8)12-17-10(7-19-3)11(14)13(15-2)18-12/h4-6H,7H2,1-3H3,(H,15,17,18). The molecule has 0 aliphatic carbocycles. The Labute approximate surface area is 126 Å². The van der Waals surface area contributed by atoms with Crippen LogP contribution >= 0.6 is 22.6 Å². The second-order valence-corrected chi connectivity index (χ2v) is 5.11. The minimum atomic E-state index is 0.465. The fraction of sp³-hybridized carbons (Fsp3) is 0.308. The van der Waals surface area contributed by atoms with Gasteiger partial charge in [0.1, 0.15) is 5.82 Å². The third-order valence-electron chi connectivity index (χ3n) is 2.70. The van der Waals surface area contributed by atoms with Crippen molar-refractivity contribution < 1.29 is 4.74 Å². The lowest BCUT2D eigenvalue weighted by Gasteiger charge is -2.11. The second-order valence-electron chi connectivity index (χ2n) is 4.03. The lowest BCUT2D eigenvalue weighted by molar-refractivity contribution is 0.181. The molecule has 0 aliphatic rings. The van der Waals surface area contributed by atoms with E-state index in [4.69, 9.17) is 4.74 Å². The molecule has 19 heavy (non-hydrogen) atoms. The molecule has 0 amide bonds. The maximum atomic E-state index is 5.19. The Balaban J connectivity index is 2.58. The van der Waals surface area contributed by atoms with Crippen molar-refractivity contribution in [3.63, 3.8) is 0 Å². The van der Waals surface area contributed by atoms with Crippen molar-refractivity contribution in [3.05, 3.63) is 33.3 Å². The number of halogens is 1. The van der Waals surface area contributed by atoms with Crippen LogP contribution in [0.3, 0.4) is 0 Å². The number of nitrogens with one attached hydrogen (secondary N) is 1. The summed E-state index contributed by atoms with van der Waals surface area (Å²) in [4.78, 5) is 13.2. The van der Waals surface area contributed by atoms with Gasteiger partial charge in [-0.15, -0.1) is 0 Å². The molecule has 0 fully saturated rings. The summed E-state index contributed by atoms with van der Waals surface area (Å²) in [6.07, 6.45) is 3.56. The van der Waals surface area contributed by atoms with E-state index >= 15 is 0 Å². The highest BCUT2D eigenvalue weighted by atomic mass is 127. The number of nitrogens with zero attached hydrogens (tertiary/aromatic N) is 3. The Kier molecular flexibility index (Phi) is 4.65. The number of rotatable bonds is 4. The molecule has 0 aromatic carbocycles. The quantitative estimate of drug-likeness (QED) is 0.839. The monoisotopic (exact) mass is 370 g/mol. The van der Waals surface area contributed by atoms with E-state index in [1.54, 1.807) is 13.3 Å². The molecule has 0 unspecified atom stereocenters. The lowest BCUT2D eigenvalue weighted by atomic mass is 10.1. The zero-order valence-corrected chi connectivity index (χ0v) is 13.2. The zero-order valence-electron chi connectivity index (χ0n) is 11.1. The van der Waals surface area contributed by atoms with Crippen LogP contribution in [0.15, 0.2) is 18.5 Å². The average Bonchev–Trinajstić information content (AvgIpc) is 2.42. The third-order valence-corrected chi connectivity index (χ3v) is 3.83. The molecule has 5 nitrogen and oxygen atoms in total. The molecular formula is C13H15IN4O.